The maximum atomic E-state index is 4.11. The molecule has 2 N–H and O–H groups in total. The van der Waals surface area contributed by atoms with Crippen LogP contribution in [-0.4, -0.2) is 24.2 Å². The summed E-state index contributed by atoms with van der Waals surface area (Å²) in [5, 5.41) is 8.21. The second-order valence-corrected chi connectivity index (χ2v) is 10.6. The molecule has 4 aliphatic rings. The van der Waals surface area contributed by atoms with E-state index in [0.717, 1.165) is 29.6 Å². The summed E-state index contributed by atoms with van der Waals surface area (Å²) in [6.07, 6.45) is 21.3. The largest absolute Gasteiger partial charge is 0.310 e. The van der Waals surface area contributed by atoms with Gasteiger partial charge in [0.05, 0.1) is 0 Å². The van der Waals surface area contributed by atoms with Crippen molar-refractivity contribution in [3.05, 3.63) is 36.5 Å². The van der Waals surface area contributed by atoms with Crippen molar-refractivity contribution in [2.24, 2.45) is 29.6 Å². The fraction of sp³-hybridized carbons (Fsp3) is 0.778. The van der Waals surface area contributed by atoms with Gasteiger partial charge in [-0.1, -0.05) is 49.8 Å². The maximum Gasteiger partial charge on any atom is 0.0260 e. The van der Waals surface area contributed by atoms with E-state index in [0.29, 0.717) is 24.2 Å². The molecule has 0 bridgehead atoms. The Labute approximate surface area is 179 Å². The van der Waals surface area contributed by atoms with E-state index in [-0.39, 0.29) is 0 Å². The molecule has 2 heteroatoms. The molecule has 2 nitrogen and oxygen atoms in total. The van der Waals surface area contributed by atoms with E-state index in [4.69, 9.17) is 0 Å². The van der Waals surface area contributed by atoms with Crippen molar-refractivity contribution in [1.82, 2.24) is 10.6 Å². The fourth-order valence-electron chi connectivity index (χ4n) is 7.60. The Morgan fingerprint density at radius 2 is 1.69 bits per heavy atom. The molecule has 2 saturated heterocycles. The van der Waals surface area contributed by atoms with Gasteiger partial charge in [-0.3, -0.25) is 0 Å². The van der Waals surface area contributed by atoms with Crippen LogP contribution < -0.4 is 10.6 Å². The predicted molar refractivity (Wildman–Crippen MR) is 125 cm³/mol. The van der Waals surface area contributed by atoms with Gasteiger partial charge in [0.25, 0.3) is 0 Å². The highest BCUT2D eigenvalue weighted by Crippen LogP contribution is 2.49. The van der Waals surface area contributed by atoms with E-state index >= 15 is 0 Å². The number of hydrogen-bond donors (Lipinski definition) is 2. The molecule has 0 aromatic rings. The molecule has 0 aromatic carbocycles. The van der Waals surface area contributed by atoms with E-state index in [1.807, 2.05) is 6.08 Å². The van der Waals surface area contributed by atoms with Crippen LogP contribution in [0, 0.1) is 29.6 Å². The van der Waals surface area contributed by atoms with E-state index in [1.165, 1.54) is 57.8 Å². The van der Waals surface area contributed by atoms with Crippen LogP contribution in [0.5, 0.6) is 0 Å². The molecule has 2 aliphatic heterocycles. The van der Waals surface area contributed by atoms with Gasteiger partial charge in [-0.25, -0.2) is 0 Å². The Kier molecular flexibility index (Phi) is 7.02. The van der Waals surface area contributed by atoms with Crippen LogP contribution in [0.2, 0.25) is 0 Å². The summed E-state index contributed by atoms with van der Waals surface area (Å²) < 4.78 is 0. The quantitative estimate of drug-likeness (QED) is 0.439. The Hall–Kier alpha value is -0.860. The smallest absolute Gasteiger partial charge is 0.0260 e. The molecule has 1 saturated carbocycles. The third-order valence-electron chi connectivity index (χ3n) is 8.66. The number of piperidine rings is 2. The molecule has 0 spiro atoms. The lowest BCUT2D eigenvalue weighted by atomic mass is 9.57. The first-order valence-electron chi connectivity index (χ1n) is 12.6. The normalized spacial score (nSPS) is 45.3. The summed E-state index contributed by atoms with van der Waals surface area (Å²) in [6, 6.07) is 2.56. The SMILES string of the molecule is C=C/C=C(\CCC)[C@H]1CC(C)NC2C3NC(C)CC(C4CC=CCC4)C3CCC21. The molecule has 9 atom stereocenters. The first-order chi connectivity index (χ1) is 14.1. The standard InChI is InChI=1S/C27H44N2/c1-5-10-20(11-6-2)24-16-18(3)28-26-22(24)14-15-23-25(17-19(4)29-27(23)26)21-12-8-7-9-13-21/h5,7-8,10,18-19,21-29H,1,6,9,11-17H2,2-4H3/b20-10+/t18?,19?,21?,22?,23?,24-,25?,26?,27?/m1/s1. The minimum Gasteiger partial charge on any atom is -0.310 e. The summed E-state index contributed by atoms with van der Waals surface area (Å²) in [6.45, 7) is 11.2. The number of allylic oxidation sites excluding steroid dienone is 5. The molecule has 162 valence electrons. The van der Waals surface area contributed by atoms with Crippen molar-refractivity contribution >= 4 is 0 Å². The van der Waals surface area contributed by atoms with Gasteiger partial charge in [0.15, 0.2) is 0 Å². The van der Waals surface area contributed by atoms with Gasteiger partial charge in [0, 0.05) is 24.2 Å². The Morgan fingerprint density at radius 3 is 2.38 bits per heavy atom. The van der Waals surface area contributed by atoms with Crippen molar-refractivity contribution in [1.29, 1.82) is 0 Å². The molecule has 3 fully saturated rings. The van der Waals surface area contributed by atoms with Gasteiger partial charge in [-0.2, -0.15) is 0 Å². The zero-order valence-electron chi connectivity index (χ0n) is 19.1. The Bertz CT molecular complexity index is 620. The second kappa shape index (κ2) is 9.52. The lowest BCUT2D eigenvalue weighted by Gasteiger charge is -2.57. The zero-order chi connectivity index (χ0) is 20.4. The van der Waals surface area contributed by atoms with Crippen LogP contribution >= 0.6 is 0 Å². The number of nitrogens with one attached hydrogen (secondary N) is 2. The number of hydrogen-bond acceptors (Lipinski definition) is 2. The minimum atomic E-state index is 0.611. The van der Waals surface area contributed by atoms with Gasteiger partial charge < -0.3 is 10.6 Å². The van der Waals surface area contributed by atoms with E-state index < -0.39 is 0 Å². The van der Waals surface area contributed by atoms with E-state index in [2.05, 4.69) is 56.2 Å². The van der Waals surface area contributed by atoms with Crippen molar-refractivity contribution in [3.8, 4) is 0 Å². The minimum absolute atomic E-state index is 0.611. The molecule has 0 radical (unpaired) electrons. The monoisotopic (exact) mass is 396 g/mol. The molecular formula is C27H44N2. The third kappa shape index (κ3) is 4.44. The van der Waals surface area contributed by atoms with Crippen LogP contribution in [0.3, 0.4) is 0 Å². The summed E-state index contributed by atoms with van der Waals surface area (Å²) in [5.41, 5.74) is 1.67. The van der Waals surface area contributed by atoms with Gasteiger partial charge in [-0.15, -0.1) is 0 Å². The Balaban J connectivity index is 1.58. The van der Waals surface area contributed by atoms with Crippen LogP contribution in [-0.2, 0) is 0 Å². The first kappa shape index (κ1) is 21.4. The summed E-state index contributed by atoms with van der Waals surface area (Å²) in [5.74, 6) is 4.22. The molecule has 0 aromatic heterocycles. The van der Waals surface area contributed by atoms with Gasteiger partial charge in [0.2, 0.25) is 0 Å². The van der Waals surface area contributed by atoms with E-state index in [9.17, 15) is 0 Å². The molecule has 4 rings (SSSR count). The molecule has 2 aliphatic carbocycles. The van der Waals surface area contributed by atoms with Gasteiger partial charge in [-0.05, 0) is 94.8 Å². The molecule has 8 unspecified atom stereocenters. The van der Waals surface area contributed by atoms with Gasteiger partial charge >= 0.3 is 0 Å². The third-order valence-corrected chi connectivity index (χ3v) is 8.66. The van der Waals surface area contributed by atoms with Crippen LogP contribution in [0.25, 0.3) is 0 Å². The van der Waals surface area contributed by atoms with Crippen molar-refractivity contribution in [2.45, 2.75) is 103 Å². The predicted octanol–water partition coefficient (Wildman–Crippen LogP) is 6.01. The number of rotatable bonds is 5. The highest BCUT2D eigenvalue weighted by molar-refractivity contribution is 5.20. The Morgan fingerprint density at radius 1 is 0.966 bits per heavy atom. The lowest BCUT2D eigenvalue weighted by Crippen LogP contribution is -2.68. The van der Waals surface area contributed by atoms with E-state index in [1.54, 1.807) is 5.57 Å². The highest BCUT2D eigenvalue weighted by Gasteiger charge is 2.51. The molecular weight excluding hydrogens is 352 g/mol. The van der Waals surface area contributed by atoms with Crippen LogP contribution in [0.4, 0.5) is 0 Å². The molecule has 0 amide bonds. The summed E-state index contributed by atoms with van der Waals surface area (Å²) >= 11 is 0. The number of fused-ring (bicyclic) bond motifs is 3. The van der Waals surface area contributed by atoms with Gasteiger partial charge in [0.1, 0.15) is 0 Å². The van der Waals surface area contributed by atoms with Crippen LogP contribution in [0.15, 0.2) is 36.5 Å². The van der Waals surface area contributed by atoms with Crippen molar-refractivity contribution in [2.75, 3.05) is 0 Å². The summed E-state index contributed by atoms with van der Waals surface area (Å²) in [4.78, 5) is 0. The fourth-order valence-corrected chi connectivity index (χ4v) is 7.60. The lowest BCUT2D eigenvalue weighted by molar-refractivity contribution is -0.00359. The average Bonchev–Trinajstić information content (AvgIpc) is 2.73. The summed E-state index contributed by atoms with van der Waals surface area (Å²) in [7, 11) is 0. The topological polar surface area (TPSA) is 24.1 Å². The second-order valence-electron chi connectivity index (χ2n) is 10.6. The maximum absolute atomic E-state index is 4.11. The van der Waals surface area contributed by atoms with Crippen LogP contribution in [0.1, 0.15) is 78.6 Å². The molecule has 2 heterocycles. The first-order valence-corrected chi connectivity index (χ1v) is 12.6. The van der Waals surface area contributed by atoms with Crippen molar-refractivity contribution in [3.63, 3.8) is 0 Å². The highest BCUT2D eigenvalue weighted by atomic mass is 15.1. The zero-order valence-corrected chi connectivity index (χ0v) is 19.1. The van der Waals surface area contributed by atoms with Crippen molar-refractivity contribution < 1.29 is 0 Å². The molecule has 29 heavy (non-hydrogen) atoms. The average molecular weight is 397 g/mol.